The summed E-state index contributed by atoms with van der Waals surface area (Å²) in [5, 5.41) is 0. The van der Waals surface area contributed by atoms with Crippen LogP contribution in [0.25, 0.3) is 6.08 Å². The van der Waals surface area contributed by atoms with Crippen molar-refractivity contribution in [3.8, 4) is 0 Å². The highest BCUT2D eigenvalue weighted by Gasteiger charge is 2.50. The van der Waals surface area contributed by atoms with Crippen molar-refractivity contribution in [3.63, 3.8) is 0 Å². The molecule has 3 rings (SSSR count). The summed E-state index contributed by atoms with van der Waals surface area (Å²) in [6.45, 7) is 0.397. The minimum Gasteiger partial charge on any atom is -0.278 e. The maximum Gasteiger partial charge on any atom is 0.236 e. The van der Waals surface area contributed by atoms with Crippen molar-refractivity contribution in [1.29, 1.82) is 0 Å². The van der Waals surface area contributed by atoms with Crippen LogP contribution >= 0.6 is 0 Å². The van der Waals surface area contributed by atoms with Crippen molar-refractivity contribution < 1.29 is 9.59 Å². The zero-order valence-corrected chi connectivity index (χ0v) is 12.3. The molecule has 1 aromatic rings. The van der Waals surface area contributed by atoms with Gasteiger partial charge in [0.2, 0.25) is 11.8 Å². The quantitative estimate of drug-likeness (QED) is 0.797. The number of likely N-dealkylation sites (tertiary alicyclic amines) is 1. The van der Waals surface area contributed by atoms with E-state index >= 15 is 0 Å². The molecule has 0 atom stereocenters. The summed E-state index contributed by atoms with van der Waals surface area (Å²) in [7, 11) is 0. The molecule has 1 aromatic carbocycles. The van der Waals surface area contributed by atoms with Gasteiger partial charge in [0.1, 0.15) is 0 Å². The molecule has 2 amide bonds. The second-order valence-electron chi connectivity index (χ2n) is 6.14. The van der Waals surface area contributed by atoms with Crippen molar-refractivity contribution in [1.82, 2.24) is 4.90 Å². The topological polar surface area (TPSA) is 37.4 Å². The first-order chi connectivity index (χ1) is 10.2. The van der Waals surface area contributed by atoms with Crippen LogP contribution in [0, 0.1) is 5.41 Å². The highest BCUT2D eigenvalue weighted by molar-refractivity contribution is 6.06. The van der Waals surface area contributed by atoms with E-state index in [-0.39, 0.29) is 17.2 Å². The van der Waals surface area contributed by atoms with Gasteiger partial charge in [0.05, 0.1) is 5.41 Å². The molecule has 0 bridgehead atoms. The second-order valence-corrected chi connectivity index (χ2v) is 6.14. The molecule has 1 aliphatic heterocycles. The molecule has 3 heteroatoms. The molecule has 1 spiro atoms. The van der Waals surface area contributed by atoms with Gasteiger partial charge in [0.15, 0.2) is 0 Å². The van der Waals surface area contributed by atoms with Gasteiger partial charge in [-0.2, -0.15) is 0 Å². The number of amides is 2. The van der Waals surface area contributed by atoms with Gasteiger partial charge in [0.25, 0.3) is 0 Å². The van der Waals surface area contributed by atoms with E-state index in [4.69, 9.17) is 0 Å². The summed E-state index contributed by atoms with van der Waals surface area (Å²) < 4.78 is 0. The Hall–Kier alpha value is -1.90. The summed E-state index contributed by atoms with van der Waals surface area (Å²) in [6.07, 6.45) is 9.41. The monoisotopic (exact) mass is 283 g/mol. The lowest BCUT2D eigenvalue weighted by Gasteiger charge is -2.30. The molecule has 2 aliphatic rings. The Kier molecular flexibility index (Phi) is 3.91. The third-order valence-electron chi connectivity index (χ3n) is 4.70. The molecular weight excluding hydrogens is 262 g/mol. The first-order valence-electron chi connectivity index (χ1n) is 7.78. The van der Waals surface area contributed by atoms with Crippen molar-refractivity contribution >= 4 is 17.9 Å². The number of carbonyl (C=O) groups excluding carboxylic acids is 2. The number of benzene rings is 1. The van der Waals surface area contributed by atoms with E-state index in [1.54, 1.807) is 0 Å². The first-order valence-corrected chi connectivity index (χ1v) is 7.78. The van der Waals surface area contributed by atoms with Gasteiger partial charge in [-0.05, 0) is 18.4 Å². The first kappa shape index (κ1) is 14.1. The zero-order valence-electron chi connectivity index (χ0n) is 12.3. The average molecular weight is 283 g/mol. The molecule has 2 fully saturated rings. The molecule has 0 radical (unpaired) electrons. The van der Waals surface area contributed by atoms with E-state index in [9.17, 15) is 9.59 Å². The SMILES string of the molecule is O=C1CC2(CCCCC2)C(=O)N1CC=Cc1ccccc1. The Morgan fingerprint density at radius 1 is 1.05 bits per heavy atom. The van der Waals surface area contributed by atoms with E-state index in [1.165, 1.54) is 11.3 Å². The highest BCUT2D eigenvalue weighted by atomic mass is 16.2. The standard InChI is InChI=1S/C18H21NO2/c20-16-14-18(11-5-2-6-12-18)17(21)19(16)13-7-10-15-8-3-1-4-9-15/h1,3-4,7-10H,2,5-6,11-14H2. The molecule has 110 valence electrons. The number of imide groups is 1. The summed E-state index contributed by atoms with van der Waals surface area (Å²) >= 11 is 0. The summed E-state index contributed by atoms with van der Waals surface area (Å²) in [6, 6.07) is 9.93. The number of nitrogens with zero attached hydrogens (tertiary/aromatic N) is 1. The van der Waals surface area contributed by atoms with Crippen molar-refractivity contribution in [3.05, 3.63) is 42.0 Å². The van der Waals surface area contributed by atoms with E-state index in [2.05, 4.69) is 0 Å². The van der Waals surface area contributed by atoms with Gasteiger partial charge < -0.3 is 0 Å². The Balaban J connectivity index is 1.67. The minimum absolute atomic E-state index is 0.000360. The van der Waals surface area contributed by atoms with Gasteiger partial charge >= 0.3 is 0 Å². The normalized spacial score (nSPS) is 21.6. The van der Waals surface area contributed by atoms with Crippen LogP contribution in [0.1, 0.15) is 44.1 Å². The van der Waals surface area contributed by atoms with E-state index in [1.807, 2.05) is 42.5 Å². The molecule has 0 unspecified atom stereocenters. The minimum atomic E-state index is -0.365. The molecule has 1 heterocycles. The Bertz CT molecular complexity index is 556. The Morgan fingerprint density at radius 2 is 1.76 bits per heavy atom. The maximum absolute atomic E-state index is 12.6. The van der Waals surface area contributed by atoms with Gasteiger partial charge in [-0.15, -0.1) is 0 Å². The maximum atomic E-state index is 12.6. The average Bonchev–Trinajstić information content (AvgIpc) is 2.73. The van der Waals surface area contributed by atoms with E-state index in [0.717, 1.165) is 31.2 Å². The van der Waals surface area contributed by atoms with Gasteiger partial charge in [-0.25, -0.2) is 0 Å². The lowest BCUT2D eigenvalue weighted by Crippen LogP contribution is -2.36. The largest absolute Gasteiger partial charge is 0.278 e. The van der Waals surface area contributed by atoms with Crippen molar-refractivity contribution in [2.45, 2.75) is 38.5 Å². The number of hydrogen-bond acceptors (Lipinski definition) is 2. The van der Waals surface area contributed by atoms with Gasteiger partial charge in [-0.3, -0.25) is 14.5 Å². The molecule has 1 saturated heterocycles. The van der Waals surface area contributed by atoms with Crippen molar-refractivity contribution in [2.75, 3.05) is 6.54 Å². The predicted molar refractivity (Wildman–Crippen MR) is 82.3 cm³/mol. The van der Waals surface area contributed by atoms with Crippen molar-refractivity contribution in [2.24, 2.45) is 5.41 Å². The van der Waals surface area contributed by atoms with E-state index in [0.29, 0.717) is 13.0 Å². The van der Waals surface area contributed by atoms with Crippen LogP contribution in [-0.2, 0) is 9.59 Å². The summed E-state index contributed by atoms with van der Waals surface area (Å²) in [5.41, 5.74) is 0.722. The highest BCUT2D eigenvalue weighted by Crippen LogP contribution is 2.45. The Morgan fingerprint density at radius 3 is 2.48 bits per heavy atom. The summed E-state index contributed by atoms with van der Waals surface area (Å²) in [5.74, 6) is 0.0597. The molecule has 0 aromatic heterocycles. The van der Waals surface area contributed by atoms with Crippen LogP contribution in [0.5, 0.6) is 0 Å². The third kappa shape index (κ3) is 2.78. The van der Waals surface area contributed by atoms with Crippen LogP contribution in [0.15, 0.2) is 36.4 Å². The molecule has 1 saturated carbocycles. The summed E-state index contributed by atoms with van der Waals surface area (Å²) in [4.78, 5) is 26.2. The molecule has 21 heavy (non-hydrogen) atoms. The Labute approximate surface area is 125 Å². The molecule has 1 aliphatic carbocycles. The van der Waals surface area contributed by atoms with Crippen LogP contribution < -0.4 is 0 Å². The molecule has 0 N–H and O–H groups in total. The fraction of sp³-hybridized carbons (Fsp3) is 0.444. The van der Waals surface area contributed by atoms with Gasteiger partial charge in [-0.1, -0.05) is 61.7 Å². The predicted octanol–water partition coefficient (Wildman–Crippen LogP) is 3.41. The second kappa shape index (κ2) is 5.84. The third-order valence-corrected chi connectivity index (χ3v) is 4.70. The fourth-order valence-corrected chi connectivity index (χ4v) is 3.52. The number of rotatable bonds is 3. The number of carbonyl (C=O) groups is 2. The molecule has 3 nitrogen and oxygen atoms in total. The fourth-order valence-electron chi connectivity index (χ4n) is 3.52. The lowest BCUT2D eigenvalue weighted by molar-refractivity contribution is -0.141. The van der Waals surface area contributed by atoms with Crippen LogP contribution in [0.4, 0.5) is 0 Å². The molecular formula is C18H21NO2. The zero-order chi connectivity index (χ0) is 14.7. The van der Waals surface area contributed by atoms with E-state index < -0.39 is 0 Å². The lowest BCUT2D eigenvalue weighted by atomic mass is 9.73. The number of hydrogen-bond donors (Lipinski definition) is 0. The van der Waals surface area contributed by atoms with Crippen LogP contribution in [-0.4, -0.2) is 23.3 Å². The van der Waals surface area contributed by atoms with Crippen LogP contribution in [0.3, 0.4) is 0 Å². The van der Waals surface area contributed by atoms with Gasteiger partial charge in [0, 0.05) is 13.0 Å². The van der Waals surface area contributed by atoms with Crippen LogP contribution in [0.2, 0.25) is 0 Å². The smallest absolute Gasteiger partial charge is 0.236 e.